The van der Waals surface area contributed by atoms with Gasteiger partial charge in [-0.2, -0.15) is 8.78 Å². The molecule has 0 unspecified atom stereocenters. The summed E-state index contributed by atoms with van der Waals surface area (Å²) in [5.74, 6) is 0. The van der Waals surface area contributed by atoms with Crippen LogP contribution in [0.25, 0.3) is 0 Å². The van der Waals surface area contributed by atoms with Crippen molar-refractivity contribution in [2.75, 3.05) is 13.6 Å². The summed E-state index contributed by atoms with van der Waals surface area (Å²) in [7, 11) is 1.79. The van der Waals surface area contributed by atoms with Crippen LogP contribution in [-0.4, -0.2) is 38.5 Å². The molecule has 3 nitrogen and oxygen atoms in total. The topological polar surface area (TPSA) is 30.5 Å². The van der Waals surface area contributed by atoms with E-state index in [9.17, 15) is 8.78 Å². The molecule has 0 saturated heterocycles. The standard InChI is InChI=1S/C11H23F2NO2/c1-8(2)15-9(3)7-10(5-6-14-4)16-11(12)13/h8-11,14H,5-7H2,1-4H3/t9-,10-/m0/s1. The van der Waals surface area contributed by atoms with E-state index in [1.165, 1.54) is 0 Å². The monoisotopic (exact) mass is 239 g/mol. The Balaban J connectivity index is 3.97. The third-order valence-corrected chi connectivity index (χ3v) is 2.11. The smallest absolute Gasteiger partial charge is 0.345 e. The Kier molecular flexibility index (Phi) is 8.70. The third kappa shape index (κ3) is 9.00. The minimum atomic E-state index is -2.71. The van der Waals surface area contributed by atoms with Crippen LogP contribution in [0.15, 0.2) is 0 Å². The highest BCUT2D eigenvalue weighted by atomic mass is 19.3. The zero-order valence-corrected chi connectivity index (χ0v) is 10.5. The molecule has 0 aromatic rings. The van der Waals surface area contributed by atoms with Gasteiger partial charge in [-0.25, -0.2) is 0 Å². The van der Waals surface area contributed by atoms with Crippen LogP contribution in [0.3, 0.4) is 0 Å². The number of hydrogen-bond donors (Lipinski definition) is 1. The van der Waals surface area contributed by atoms with E-state index < -0.39 is 12.7 Å². The fourth-order valence-electron chi connectivity index (χ4n) is 1.58. The molecule has 0 aliphatic rings. The summed E-state index contributed by atoms with van der Waals surface area (Å²) in [4.78, 5) is 0. The number of rotatable bonds is 9. The molecule has 5 heteroatoms. The van der Waals surface area contributed by atoms with Crippen molar-refractivity contribution < 1.29 is 18.3 Å². The minimum Gasteiger partial charge on any atom is -0.376 e. The van der Waals surface area contributed by atoms with Gasteiger partial charge in [0.25, 0.3) is 0 Å². The normalized spacial score (nSPS) is 15.8. The lowest BCUT2D eigenvalue weighted by molar-refractivity contribution is -0.173. The first-order chi connectivity index (χ1) is 7.45. The van der Waals surface area contributed by atoms with Crippen molar-refractivity contribution in [2.24, 2.45) is 0 Å². The summed E-state index contributed by atoms with van der Waals surface area (Å²) < 4.78 is 34.3. The van der Waals surface area contributed by atoms with E-state index in [1.54, 1.807) is 7.05 Å². The summed E-state index contributed by atoms with van der Waals surface area (Å²) >= 11 is 0. The first kappa shape index (κ1) is 15.7. The second-order valence-electron chi connectivity index (χ2n) is 4.14. The number of ether oxygens (including phenoxy) is 2. The molecule has 2 atom stereocenters. The summed E-state index contributed by atoms with van der Waals surface area (Å²) in [6, 6.07) is 0. The van der Waals surface area contributed by atoms with Gasteiger partial charge in [0, 0.05) is 0 Å². The van der Waals surface area contributed by atoms with E-state index in [-0.39, 0.29) is 12.2 Å². The van der Waals surface area contributed by atoms with Gasteiger partial charge in [0.05, 0.1) is 18.3 Å². The molecule has 98 valence electrons. The molecular weight excluding hydrogens is 216 g/mol. The second kappa shape index (κ2) is 8.84. The van der Waals surface area contributed by atoms with Crippen molar-refractivity contribution in [3.05, 3.63) is 0 Å². The fourth-order valence-corrected chi connectivity index (χ4v) is 1.58. The van der Waals surface area contributed by atoms with Gasteiger partial charge in [-0.1, -0.05) is 0 Å². The first-order valence-electron chi connectivity index (χ1n) is 5.69. The highest BCUT2D eigenvalue weighted by molar-refractivity contribution is 4.65. The minimum absolute atomic E-state index is 0.0689. The zero-order valence-electron chi connectivity index (χ0n) is 10.5. The average molecular weight is 239 g/mol. The van der Waals surface area contributed by atoms with Crippen LogP contribution in [0.2, 0.25) is 0 Å². The Morgan fingerprint density at radius 1 is 1.12 bits per heavy atom. The number of hydrogen-bond acceptors (Lipinski definition) is 3. The molecule has 16 heavy (non-hydrogen) atoms. The first-order valence-corrected chi connectivity index (χ1v) is 5.69. The fraction of sp³-hybridized carbons (Fsp3) is 1.00. The predicted octanol–water partition coefficient (Wildman–Crippen LogP) is 2.41. The molecule has 0 amide bonds. The maximum Gasteiger partial charge on any atom is 0.345 e. The van der Waals surface area contributed by atoms with E-state index in [0.29, 0.717) is 19.4 Å². The van der Waals surface area contributed by atoms with Crippen LogP contribution in [0.5, 0.6) is 0 Å². The SMILES string of the molecule is CNCC[C@@H](C[C@H](C)OC(C)C)OC(F)F. The lowest BCUT2D eigenvalue weighted by Gasteiger charge is -2.22. The van der Waals surface area contributed by atoms with E-state index in [0.717, 1.165) is 0 Å². The van der Waals surface area contributed by atoms with Crippen molar-refractivity contribution in [3.8, 4) is 0 Å². The molecule has 0 heterocycles. The molecule has 0 rings (SSSR count). The molecule has 0 aromatic carbocycles. The Hall–Kier alpha value is -0.260. The zero-order chi connectivity index (χ0) is 12.6. The molecule has 0 aliphatic carbocycles. The van der Waals surface area contributed by atoms with Crippen LogP contribution in [-0.2, 0) is 9.47 Å². The van der Waals surface area contributed by atoms with E-state index in [1.807, 2.05) is 20.8 Å². The second-order valence-corrected chi connectivity index (χ2v) is 4.14. The Morgan fingerprint density at radius 3 is 2.19 bits per heavy atom. The highest BCUT2D eigenvalue weighted by Gasteiger charge is 2.18. The van der Waals surface area contributed by atoms with Crippen LogP contribution in [0.4, 0.5) is 8.78 Å². The van der Waals surface area contributed by atoms with Gasteiger partial charge in [0.2, 0.25) is 0 Å². The Bertz CT molecular complexity index is 168. The molecule has 0 aromatic heterocycles. The average Bonchev–Trinajstić information content (AvgIpc) is 2.11. The Labute approximate surface area is 96.5 Å². The molecule has 0 spiro atoms. The van der Waals surface area contributed by atoms with Crippen molar-refractivity contribution in [3.63, 3.8) is 0 Å². The summed E-state index contributed by atoms with van der Waals surface area (Å²) in [5.41, 5.74) is 0. The summed E-state index contributed by atoms with van der Waals surface area (Å²) in [6.45, 7) is 3.67. The molecule has 0 radical (unpaired) electrons. The lowest BCUT2D eigenvalue weighted by Crippen LogP contribution is -2.27. The quantitative estimate of drug-likeness (QED) is 0.670. The maximum atomic E-state index is 12.1. The number of alkyl halides is 2. The Morgan fingerprint density at radius 2 is 1.75 bits per heavy atom. The molecule has 0 saturated carbocycles. The summed E-state index contributed by atoms with van der Waals surface area (Å²) in [5, 5.41) is 2.92. The molecule has 0 bridgehead atoms. The van der Waals surface area contributed by atoms with Crippen molar-refractivity contribution in [2.45, 2.75) is 58.5 Å². The van der Waals surface area contributed by atoms with Crippen molar-refractivity contribution in [1.82, 2.24) is 5.32 Å². The van der Waals surface area contributed by atoms with Crippen LogP contribution < -0.4 is 5.32 Å². The third-order valence-electron chi connectivity index (χ3n) is 2.11. The van der Waals surface area contributed by atoms with E-state index in [4.69, 9.17) is 4.74 Å². The van der Waals surface area contributed by atoms with Gasteiger partial charge in [-0.15, -0.1) is 0 Å². The van der Waals surface area contributed by atoms with E-state index in [2.05, 4.69) is 10.1 Å². The van der Waals surface area contributed by atoms with Gasteiger partial charge >= 0.3 is 6.61 Å². The largest absolute Gasteiger partial charge is 0.376 e. The van der Waals surface area contributed by atoms with Crippen LogP contribution >= 0.6 is 0 Å². The van der Waals surface area contributed by atoms with E-state index >= 15 is 0 Å². The highest BCUT2D eigenvalue weighted by Crippen LogP contribution is 2.14. The van der Waals surface area contributed by atoms with Gasteiger partial charge < -0.3 is 14.8 Å². The molecule has 1 N–H and O–H groups in total. The van der Waals surface area contributed by atoms with Gasteiger partial charge in [-0.3, -0.25) is 0 Å². The van der Waals surface area contributed by atoms with Crippen molar-refractivity contribution >= 4 is 0 Å². The molecule has 0 aliphatic heterocycles. The lowest BCUT2D eigenvalue weighted by atomic mass is 10.1. The van der Waals surface area contributed by atoms with Gasteiger partial charge in [0.1, 0.15) is 0 Å². The molecule has 0 fully saturated rings. The van der Waals surface area contributed by atoms with Gasteiger partial charge in [0.15, 0.2) is 0 Å². The number of nitrogens with one attached hydrogen (secondary N) is 1. The molecular formula is C11H23F2NO2. The van der Waals surface area contributed by atoms with Crippen molar-refractivity contribution in [1.29, 1.82) is 0 Å². The maximum absolute atomic E-state index is 12.1. The van der Waals surface area contributed by atoms with Crippen LogP contribution in [0.1, 0.15) is 33.6 Å². The summed E-state index contributed by atoms with van der Waals surface area (Å²) in [6.07, 6.45) is 0.630. The van der Waals surface area contributed by atoms with Crippen LogP contribution in [0, 0.1) is 0 Å². The number of halogens is 2. The van der Waals surface area contributed by atoms with Gasteiger partial charge in [-0.05, 0) is 47.2 Å². The predicted molar refractivity (Wildman–Crippen MR) is 59.7 cm³/mol.